The van der Waals surface area contributed by atoms with Crippen LogP contribution in [-0.2, 0) is 9.53 Å². The number of rotatable bonds is 2. The summed E-state index contributed by atoms with van der Waals surface area (Å²) in [6.07, 6.45) is 1.84. The lowest BCUT2D eigenvalue weighted by Gasteiger charge is -2.19. The Morgan fingerprint density at radius 3 is 2.53 bits per heavy atom. The molecule has 0 aliphatic carbocycles. The van der Waals surface area contributed by atoms with Crippen LogP contribution in [0.1, 0.15) is 26.5 Å². The molecule has 1 aromatic rings. The van der Waals surface area contributed by atoms with E-state index in [-0.39, 0.29) is 11.3 Å². The summed E-state index contributed by atoms with van der Waals surface area (Å²) in [5.74, 6) is -1.18. The molecule has 0 fully saturated rings. The molecule has 0 aromatic carbocycles. The molecule has 6 heteroatoms. The maximum atomic E-state index is 11.6. The highest BCUT2D eigenvalue weighted by molar-refractivity contribution is 6.13. The first-order chi connectivity index (χ1) is 7.70. The molecule has 92 valence electrons. The van der Waals surface area contributed by atoms with Gasteiger partial charge in [-0.2, -0.15) is 0 Å². The molecule has 0 saturated heterocycles. The van der Waals surface area contributed by atoms with Crippen LogP contribution in [0.25, 0.3) is 5.57 Å². The van der Waals surface area contributed by atoms with Gasteiger partial charge in [0.2, 0.25) is 0 Å². The second kappa shape index (κ2) is 4.40. The SMILES string of the molecule is C=C(C(=O)O)c1cn(C(=O)OC(C)(C)C)cn1. The Hall–Kier alpha value is -2.11. The highest BCUT2D eigenvalue weighted by atomic mass is 16.6. The van der Waals surface area contributed by atoms with E-state index < -0.39 is 17.7 Å². The van der Waals surface area contributed by atoms with Gasteiger partial charge in [0.15, 0.2) is 0 Å². The van der Waals surface area contributed by atoms with Gasteiger partial charge in [-0.1, -0.05) is 6.58 Å². The molecule has 1 heterocycles. The summed E-state index contributed by atoms with van der Waals surface area (Å²) in [5, 5.41) is 8.70. The zero-order chi connectivity index (χ0) is 13.2. The second-order valence-electron chi connectivity index (χ2n) is 4.43. The van der Waals surface area contributed by atoms with Gasteiger partial charge in [0, 0.05) is 6.20 Å². The van der Waals surface area contributed by atoms with Crippen LogP contribution in [-0.4, -0.2) is 32.3 Å². The minimum atomic E-state index is -1.18. The van der Waals surface area contributed by atoms with E-state index in [1.165, 1.54) is 12.5 Å². The fourth-order valence-corrected chi connectivity index (χ4v) is 1.00. The zero-order valence-corrected chi connectivity index (χ0v) is 9.93. The van der Waals surface area contributed by atoms with E-state index in [1.807, 2.05) is 0 Å². The van der Waals surface area contributed by atoms with Crippen molar-refractivity contribution in [1.82, 2.24) is 9.55 Å². The highest BCUT2D eigenvalue weighted by Gasteiger charge is 2.19. The molecular weight excluding hydrogens is 224 g/mol. The molecule has 1 aromatic heterocycles. The van der Waals surface area contributed by atoms with Crippen LogP contribution in [0.3, 0.4) is 0 Å². The number of hydrogen-bond donors (Lipinski definition) is 1. The minimum absolute atomic E-state index is 0.128. The number of carbonyl (C=O) groups is 2. The molecule has 0 spiro atoms. The quantitative estimate of drug-likeness (QED) is 0.794. The third-order valence-corrected chi connectivity index (χ3v) is 1.75. The first-order valence-electron chi connectivity index (χ1n) is 4.90. The second-order valence-corrected chi connectivity index (χ2v) is 4.43. The Labute approximate surface area is 98.5 Å². The van der Waals surface area contributed by atoms with Crippen molar-refractivity contribution in [1.29, 1.82) is 0 Å². The van der Waals surface area contributed by atoms with E-state index in [9.17, 15) is 9.59 Å². The maximum absolute atomic E-state index is 11.6. The predicted molar refractivity (Wildman–Crippen MR) is 60.5 cm³/mol. The van der Waals surface area contributed by atoms with Crippen molar-refractivity contribution in [3.63, 3.8) is 0 Å². The smallest absolute Gasteiger partial charge is 0.419 e. The van der Waals surface area contributed by atoms with E-state index in [0.717, 1.165) is 4.57 Å². The maximum Gasteiger partial charge on any atom is 0.419 e. The van der Waals surface area contributed by atoms with E-state index >= 15 is 0 Å². The minimum Gasteiger partial charge on any atom is -0.478 e. The molecule has 0 radical (unpaired) electrons. The van der Waals surface area contributed by atoms with Crippen LogP contribution in [0, 0.1) is 0 Å². The number of carboxylic acid groups (broad SMARTS) is 1. The molecule has 0 aliphatic rings. The van der Waals surface area contributed by atoms with Crippen molar-refractivity contribution in [2.45, 2.75) is 26.4 Å². The zero-order valence-electron chi connectivity index (χ0n) is 9.93. The van der Waals surface area contributed by atoms with Gasteiger partial charge in [-0.3, -0.25) is 0 Å². The number of ether oxygens (including phenoxy) is 1. The van der Waals surface area contributed by atoms with E-state index in [2.05, 4.69) is 11.6 Å². The molecule has 1 N–H and O–H groups in total. The number of carbonyl (C=O) groups excluding carboxylic acids is 1. The van der Waals surface area contributed by atoms with Crippen molar-refractivity contribution >= 4 is 17.6 Å². The van der Waals surface area contributed by atoms with Gasteiger partial charge in [0.1, 0.15) is 11.9 Å². The first-order valence-corrected chi connectivity index (χ1v) is 4.90. The summed E-state index contributed by atoms with van der Waals surface area (Å²) in [4.78, 5) is 26.0. The largest absolute Gasteiger partial charge is 0.478 e. The monoisotopic (exact) mass is 238 g/mol. The molecule has 0 unspecified atom stereocenters. The lowest BCUT2D eigenvalue weighted by Crippen LogP contribution is -2.26. The highest BCUT2D eigenvalue weighted by Crippen LogP contribution is 2.12. The standard InChI is InChI=1S/C11H14N2O4/c1-7(9(14)15)8-5-13(6-12-8)10(16)17-11(2,3)4/h5-6H,1H2,2-4H3,(H,14,15). The van der Waals surface area contributed by atoms with Crippen LogP contribution in [0.4, 0.5) is 4.79 Å². The average Bonchev–Trinajstić information content (AvgIpc) is 2.62. The summed E-state index contributed by atoms with van der Waals surface area (Å²) in [6, 6.07) is 0. The van der Waals surface area contributed by atoms with Gasteiger partial charge in [-0.15, -0.1) is 0 Å². The third-order valence-electron chi connectivity index (χ3n) is 1.75. The molecule has 0 aliphatic heterocycles. The summed E-state index contributed by atoms with van der Waals surface area (Å²) >= 11 is 0. The van der Waals surface area contributed by atoms with Gasteiger partial charge in [0.25, 0.3) is 0 Å². The van der Waals surface area contributed by atoms with Crippen LogP contribution >= 0.6 is 0 Å². The summed E-state index contributed by atoms with van der Waals surface area (Å²) in [5.41, 5.74) is -0.665. The van der Waals surface area contributed by atoms with E-state index in [0.29, 0.717) is 0 Å². The van der Waals surface area contributed by atoms with Crippen molar-refractivity contribution in [3.05, 3.63) is 24.8 Å². The lowest BCUT2D eigenvalue weighted by atomic mass is 10.2. The van der Waals surface area contributed by atoms with Crippen LogP contribution in [0.2, 0.25) is 0 Å². The summed E-state index contributed by atoms with van der Waals surface area (Å²) < 4.78 is 6.16. The number of aliphatic carboxylic acids is 1. The molecule has 1 rings (SSSR count). The summed E-state index contributed by atoms with van der Waals surface area (Å²) in [6.45, 7) is 8.55. The molecule has 6 nitrogen and oxygen atoms in total. The first kappa shape index (κ1) is 13.0. The van der Waals surface area contributed by atoms with Crippen molar-refractivity contribution in [2.24, 2.45) is 0 Å². The Morgan fingerprint density at radius 1 is 1.47 bits per heavy atom. The van der Waals surface area contributed by atoms with E-state index in [4.69, 9.17) is 9.84 Å². The third kappa shape index (κ3) is 3.44. The van der Waals surface area contributed by atoms with Crippen molar-refractivity contribution in [3.8, 4) is 0 Å². The van der Waals surface area contributed by atoms with E-state index in [1.54, 1.807) is 20.8 Å². The van der Waals surface area contributed by atoms with Gasteiger partial charge in [-0.05, 0) is 20.8 Å². The molecule has 0 bridgehead atoms. The van der Waals surface area contributed by atoms with Gasteiger partial charge < -0.3 is 9.84 Å². The van der Waals surface area contributed by atoms with Crippen LogP contribution in [0.5, 0.6) is 0 Å². The molecule has 0 amide bonds. The Kier molecular flexibility index (Phi) is 3.36. The number of hydrogen-bond acceptors (Lipinski definition) is 4. The van der Waals surface area contributed by atoms with Gasteiger partial charge in [0.05, 0.1) is 11.3 Å². The van der Waals surface area contributed by atoms with Crippen LogP contribution < -0.4 is 0 Å². The topological polar surface area (TPSA) is 81.4 Å². The van der Waals surface area contributed by atoms with Gasteiger partial charge >= 0.3 is 12.1 Å². The number of carboxylic acids is 1. The molecule has 0 atom stereocenters. The average molecular weight is 238 g/mol. The van der Waals surface area contributed by atoms with Gasteiger partial charge in [-0.25, -0.2) is 19.1 Å². The lowest BCUT2D eigenvalue weighted by molar-refractivity contribution is -0.130. The molecule has 0 saturated carbocycles. The van der Waals surface area contributed by atoms with Crippen LogP contribution in [0.15, 0.2) is 19.1 Å². The Balaban J connectivity index is 2.85. The fourth-order valence-electron chi connectivity index (χ4n) is 1.00. The Morgan fingerprint density at radius 2 is 2.06 bits per heavy atom. The number of nitrogens with zero attached hydrogens (tertiary/aromatic N) is 2. The fraction of sp³-hybridized carbons (Fsp3) is 0.364. The summed E-state index contributed by atoms with van der Waals surface area (Å²) in [7, 11) is 0. The molecular formula is C11H14N2O4. The van der Waals surface area contributed by atoms with Crippen molar-refractivity contribution in [2.75, 3.05) is 0 Å². The number of aromatic nitrogens is 2. The number of imidazole rings is 1. The molecule has 17 heavy (non-hydrogen) atoms. The Bertz CT molecular complexity index is 468. The van der Waals surface area contributed by atoms with Crippen molar-refractivity contribution < 1.29 is 19.4 Å². The normalized spacial score (nSPS) is 11.0. The predicted octanol–water partition coefficient (Wildman–Crippen LogP) is 1.76.